The molecule has 2 rings (SSSR count). The van der Waals surface area contributed by atoms with Crippen molar-refractivity contribution in [3.05, 3.63) is 23.8 Å². The first-order chi connectivity index (χ1) is 9.60. The van der Waals surface area contributed by atoms with E-state index < -0.39 is 11.3 Å². The molecule has 1 aliphatic rings. The third-order valence-corrected chi connectivity index (χ3v) is 3.67. The van der Waals surface area contributed by atoms with Crippen molar-refractivity contribution < 1.29 is 19.1 Å². The molecule has 5 nitrogen and oxygen atoms in total. The molecular weight excluding hydrogens is 282 g/mol. The summed E-state index contributed by atoms with van der Waals surface area (Å²) in [4.78, 5) is 25.6. The Balaban J connectivity index is 2.40. The van der Waals surface area contributed by atoms with Gasteiger partial charge in [-0.1, -0.05) is 6.07 Å². The Morgan fingerprint density at radius 3 is 2.35 bits per heavy atom. The van der Waals surface area contributed by atoms with E-state index in [4.69, 9.17) is 21.1 Å². The van der Waals surface area contributed by atoms with Crippen molar-refractivity contribution in [1.29, 1.82) is 0 Å². The zero-order valence-corrected chi connectivity index (χ0v) is 12.1. The molecular formula is C14H16ClNO4. The second-order valence-corrected chi connectivity index (χ2v) is 4.87. The topological polar surface area (TPSA) is 55.8 Å². The van der Waals surface area contributed by atoms with Crippen LogP contribution in [0.2, 0.25) is 0 Å². The molecule has 1 heterocycles. The fourth-order valence-corrected chi connectivity index (χ4v) is 2.68. The molecule has 1 fully saturated rings. The van der Waals surface area contributed by atoms with Crippen molar-refractivity contribution in [1.82, 2.24) is 4.90 Å². The predicted octanol–water partition coefficient (Wildman–Crippen LogP) is 2.07. The number of ether oxygens (including phenoxy) is 2. The van der Waals surface area contributed by atoms with Gasteiger partial charge in [0.25, 0.3) is 5.91 Å². The first-order valence-electron chi connectivity index (χ1n) is 6.31. The Hall–Kier alpha value is -1.75. The van der Waals surface area contributed by atoms with Gasteiger partial charge >= 0.3 is 0 Å². The molecule has 1 unspecified atom stereocenters. The van der Waals surface area contributed by atoms with Crippen LogP contribution in [0.5, 0.6) is 11.5 Å². The van der Waals surface area contributed by atoms with Crippen LogP contribution in [0.15, 0.2) is 18.2 Å². The van der Waals surface area contributed by atoms with Crippen LogP contribution in [-0.4, -0.2) is 42.9 Å². The van der Waals surface area contributed by atoms with E-state index in [9.17, 15) is 9.59 Å². The molecule has 0 aliphatic carbocycles. The van der Waals surface area contributed by atoms with Gasteiger partial charge in [0.2, 0.25) is 5.24 Å². The van der Waals surface area contributed by atoms with Crippen molar-refractivity contribution in [3.63, 3.8) is 0 Å². The van der Waals surface area contributed by atoms with Crippen molar-refractivity contribution in [2.24, 2.45) is 0 Å². The molecule has 1 saturated heterocycles. The lowest BCUT2D eigenvalue weighted by Gasteiger charge is -2.23. The average Bonchev–Trinajstić information content (AvgIpc) is 2.95. The summed E-state index contributed by atoms with van der Waals surface area (Å²) >= 11 is 5.56. The SMILES string of the molecule is COc1cccc(OC)c1C(=O)N1CCCC1C(=O)Cl. The van der Waals surface area contributed by atoms with Gasteiger partial charge in [0.15, 0.2) is 0 Å². The second kappa shape index (κ2) is 6.13. The molecule has 108 valence electrons. The molecule has 1 aromatic carbocycles. The van der Waals surface area contributed by atoms with Gasteiger partial charge in [0, 0.05) is 6.54 Å². The largest absolute Gasteiger partial charge is 0.496 e. The summed E-state index contributed by atoms with van der Waals surface area (Å²) in [5, 5.41) is -0.510. The second-order valence-electron chi connectivity index (χ2n) is 4.50. The number of nitrogens with zero attached hydrogens (tertiary/aromatic N) is 1. The molecule has 1 aromatic rings. The number of carbonyl (C=O) groups is 2. The molecule has 20 heavy (non-hydrogen) atoms. The fourth-order valence-electron chi connectivity index (χ4n) is 2.45. The van der Waals surface area contributed by atoms with E-state index in [1.165, 1.54) is 19.1 Å². The molecule has 0 bridgehead atoms. The molecule has 1 aliphatic heterocycles. The Labute approximate surface area is 122 Å². The minimum atomic E-state index is -0.571. The monoisotopic (exact) mass is 297 g/mol. The van der Waals surface area contributed by atoms with Gasteiger partial charge in [-0.3, -0.25) is 9.59 Å². The van der Waals surface area contributed by atoms with Gasteiger partial charge in [-0.05, 0) is 36.6 Å². The number of hydrogen-bond acceptors (Lipinski definition) is 4. The van der Waals surface area contributed by atoms with Crippen molar-refractivity contribution in [2.45, 2.75) is 18.9 Å². The quantitative estimate of drug-likeness (QED) is 0.798. The van der Waals surface area contributed by atoms with Crippen LogP contribution in [0.1, 0.15) is 23.2 Å². The van der Waals surface area contributed by atoms with Crippen LogP contribution < -0.4 is 9.47 Å². The molecule has 6 heteroatoms. The van der Waals surface area contributed by atoms with Gasteiger partial charge in [-0.2, -0.15) is 0 Å². The average molecular weight is 298 g/mol. The first kappa shape index (κ1) is 14.7. The maximum atomic E-state index is 12.7. The normalized spacial score (nSPS) is 17.9. The van der Waals surface area contributed by atoms with Crippen molar-refractivity contribution >= 4 is 22.8 Å². The maximum Gasteiger partial charge on any atom is 0.262 e. The Morgan fingerprint density at radius 2 is 1.85 bits per heavy atom. The summed E-state index contributed by atoms with van der Waals surface area (Å²) in [6, 6.07) is 4.54. The summed E-state index contributed by atoms with van der Waals surface area (Å²) < 4.78 is 10.4. The van der Waals surface area contributed by atoms with E-state index in [0.29, 0.717) is 30.0 Å². The summed E-state index contributed by atoms with van der Waals surface area (Å²) in [6.45, 7) is 0.503. The number of carbonyl (C=O) groups excluding carboxylic acids is 2. The maximum absolute atomic E-state index is 12.7. The minimum absolute atomic E-state index is 0.296. The van der Waals surface area contributed by atoms with E-state index >= 15 is 0 Å². The molecule has 0 saturated carbocycles. The van der Waals surface area contributed by atoms with Gasteiger partial charge < -0.3 is 14.4 Å². The Bertz CT molecular complexity index is 510. The fraction of sp³-hybridized carbons (Fsp3) is 0.429. The van der Waals surface area contributed by atoms with E-state index in [2.05, 4.69) is 0 Å². The highest BCUT2D eigenvalue weighted by Crippen LogP contribution is 2.32. The number of benzene rings is 1. The lowest BCUT2D eigenvalue weighted by atomic mass is 10.1. The third kappa shape index (κ3) is 2.58. The summed E-state index contributed by atoms with van der Waals surface area (Å²) in [5.74, 6) is 0.542. The minimum Gasteiger partial charge on any atom is -0.496 e. The van der Waals surface area contributed by atoms with Gasteiger partial charge in [-0.25, -0.2) is 0 Å². The van der Waals surface area contributed by atoms with Crippen LogP contribution in [0, 0.1) is 0 Å². The summed E-state index contributed by atoms with van der Waals surface area (Å²) in [5.41, 5.74) is 0.322. The molecule has 0 spiro atoms. The van der Waals surface area contributed by atoms with Crippen LogP contribution in [-0.2, 0) is 4.79 Å². The summed E-state index contributed by atoms with van der Waals surface area (Å²) in [7, 11) is 2.97. The van der Waals surface area contributed by atoms with Gasteiger partial charge in [0.05, 0.1) is 14.2 Å². The highest BCUT2D eigenvalue weighted by atomic mass is 35.5. The zero-order valence-electron chi connectivity index (χ0n) is 11.4. The molecule has 1 amide bonds. The summed E-state index contributed by atoms with van der Waals surface area (Å²) in [6.07, 6.45) is 1.35. The van der Waals surface area contributed by atoms with Crippen molar-refractivity contribution in [2.75, 3.05) is 20.8 Å². The number of methoxy groups -OCH3 is 2. The highest BCUT2D eigenvalue weighted by Gasteiger charge is 2.35. The van der Waals surface area contributed by atoms with E-state index in [-0.39, 0.29) is 5.91 Å². The molecule has 1 atom stereocenters. The van der Waals surface area contributed by atoms with Gasteiger partial charge in [0.1, 0.15) is 23.1 Å². The van der Waals surface area contributed by atoms with Crippen LogP contribution in [0.3, 0.4) is 0 Å². The third-order valence-electron chi connectivity index (χ3n) is 3.42. The van der Waals surface area contributed by atoms with Crippen LogP contribution in [0.4, 0.5) is 0 Å². The van der Waals surface area contributed by atoms with Crippen LogP contribution >= 0.6 is 11.6 Å². The van der Waals surface area contributed by atoms with E-state index in [1.54, 1.807) is 18.2 Å². The highest BCUT2D eigenvalue weighted by molar-refractivity contribution is 6.64. The van der Waals surface area contributed by atoms with Crippen LogP contribution in [0.25, 0.3) is 0 Å². The number of rotatable bonds is 4. The van der Waals surface area contributed by atoms with Crippen molar-refractivity contribution in [3.8, 4) is 11.5 Å². The Kier molecular flexibility index (Phi) is 4.49. The molecule has 0 radical (unpaired) electrons. The predicted molar refractivity (Wildman–Crippen MR) is 74.5 cm³/mol. The van der Waals surface area contributed by atoms with E-state index in [0.717, 1.165) is 6.42 Å². The number of likely N-dealkylation sites (tertiary alicyclic amines) is 1. The molecule has 0 N–H and O–H groups in total. The number of amides is 1. The Morgan fingerprint density at radius 1 is 1.25 bits per heavy atom. The molecule has 0 aromatic heterocycles. The number of halogens is 1. The lowest BCUT2D eigenvalue weighted by molar-refractivity contribution is -0.115. The lowest BCUT2D eigenvalue weighted by Crippen LogP contribution is -2.39. The van der Waals surface area contributed by atoms with Gasteiger partial charge in [-0.15, -0.1) is 0 Å². The zero-order chi connectivity index (χ0) is 14.7. The van der Waals surface area contributed by atoms with E-state index in [1.807, 2.05) is 0 Å². The first-order valence-corrected chi connectivity index (χ1v) is 6.69. The number of hydrogen-bond donors (Lipinski definition) is 0. The standard InChI is InChI=1S/C14H16ClNO4/c1-19-10-6-3-7-11(20-2)12(10)14(18)16-8-4-5-9(16)13(15)17/h3,6-7,9H,4-5,8H2,1-2H3. The smallest absolute Gasteiger partial charge is 0.262 e.